The van der Waals surface area contributed by atoms with Crippen molar-refractivity contribution >= 4 is 44.3 Å². The molecule has 0 aliphatic heterocycles. The van der Waals surface area contributed by atoms with E-state index in [4.69, 9.17) is 0 Å². The van der Waals surface area contributed by atoms with Crippen LogP contribution in [0.4, 0.5) is 0 Å². The van der Waals surface area contributed by atoms with Crippen molar-refractivity contribution in [3.63, 3.8) is 0 Å². The standard InChI is InChI=1S/C13H8BrIO/c14-12-4-2-1-3-11(12)13(16)9-5-7-10(15)8-6-9/h1-8H. The summed E-state index contributed by atoms with van der Waals surface area (Å²) >= 11 is 5.61. The van der Waals surface area contributed by atoms with E-state index < -0.39 is 0 Å². The molecule has 0 bridgehead atoms. The van der Waals surface area contributed by atoms with E-state index in [1.165, 1.54) is 0 Å². The van der Waals surface area contributed by atoms with Crippen molar-refractivity contribution in [3.05, 3.63) is 67.7 Å². The molecule has 0 aromatic heterocycles. The van der Waals surface area contributed by atoms with Gasteiger partial charge in [0.25, 0.3) is 0 Å². The Kier molecular flexibility index (Phi) is 3.76. The molecule has 1 nitrogen and oxygen atoms in total. The van der Waals surface area contributed by atoms with Crippen LogP contribution in [0.1, 0.15) is 15.9 Å². The van der Waals surface area contributed by atoms with Gasteiger partial charge in [-0.3, -0.25) is 4.79 Å². The van der Waals surface area contributed by atoms with Crippen LogP contribution in [0.25, 0.3) is 0 Å². The van der Waals surface area contributed by atoms with Gasteiger partial charge in [-0.15, -0.1) is 0 Å². The maximum Gasteiger partial charge on any atom is 0.194 e. The largest absolute Gasteiger partial charge is 0.289 e. The molecule has 0 spiro atoms. The second kappa shape index (κ2) is 5.10. The molecule has 80 valence electrons. The Morgan fingerprint density at radius 3 is 2.25 bits per heavy atom. The summed E-state index contributed by atoms with van der Waals surface area (Å²) in [6.45, 7) is 0. The van der Waals surface area contributed by atoms with Crippen LogP contribution in [0.5, 0.6) is 0 Å². The molecule has 0 fully saturated rings. The third-order valence-electron chi connectivity index (χ3n) is 2.22. The lowest BCUT2D eigenvalue weighted by atomic mass is 10.0. The number of hydrogen-bond acceptors (Lipinski definition) is 1. The Morgan fingerprint density at radius 1 is 1.00 bits per heavy atom. The van der Waals surface area contributed by atoms with E-state index in [0.29, 0.717) is 11.1 Å². The van der Waals surface area contributed by atoms with Gasteiger partial charge in [-0.05, 0) is 59.0 Å². The van der Waals surface area contributed by atoms with Gasteiger partial charge in [-0.25, -0.2) is 0 Å². The molecule has 0 unspecified atom stereocenters. The van der Waals surface area contributed by atoms with E-state index in [1.807, 2.05) is 48.5 Å². The van der Waals surface area contributed by atoms with Gasteiger partial charge in [-0.1, -0.05) is 28.1 Å². The fourth-order valence-corrected chi connectivity index (χ4v) is 2.23. The summed E-state index contributed by atoms with van der Waals surface area (Å²) in [4.78, 5) is 12.1. The summed E-state index contributed by atoms with van der Waals surface area (Å²) in [5, 5.41) is 0. The average molecular weight is 387 g/mol. The fourth-order valence-electron chi connectivity index (χ4n) is 1.40. The zero-order chi connectivity index (χ0) is 11.5. The fraction of sp³-hybridized carbons (Fsp3) is 0. The van der Waals surface area contributed by atoms with Gasteiger partial charge in [0.05, 0.1) is 0 Å². The Labute approximate surface area is 116 Å². The van der Waals surface area contributed by atoms with Crippen LogP contribution in [0.3, 0.4) is 0 Å². The first-order valence-corrected chi connectivity index (χ1v) is 6.60. The van der Waals surface area contributed by atoms with Crippen molar-refractivity contribution in [3.8, 4) is 0 Å². The number of carbonyl (C=O) groups is 1. The number of rotatable bonds is 2. The highest BCUT2D eigenvalue weighted by molar-refractivity contribution is 14.1. The predicted molar refractivity (Wildman–Crippen MR) is 76.7 cm³/mol. The van der Waals surface area contributed by atoms with E-state index in [9.17, 15) is 4.79 Å². The van der Waals surface area contributed by atoms with Crippen LogP contribution < -0.4 is 0 Å². The Balaban J connectivity index is 2.40. The van der Waals surface area contributed by atoms with Gasteiger partial charge in [0.2, 0.25) is 0 Å². The molecular formula is C13H8BrIO. The van der Waals surface area contributed by atoms with Gasteiger partial charge in [0, 0.05) is 19.2 Å². The third-order valence-corrected chi connectivity index (χ3v) is 3.64. The molecule has 0 saturated heterocycles. The topological polar surface area (TPSA) is 17.1 Å². The Morgan fingerprint density at radius 2 is 1.62 bits per heavy atom. The molecular weight excluding hydrogens is 379 g/mol. The lowest BCUT2D eigenvalue weighted by Crippen LogP contribution is -2.01. The van der Waals surface area contributed by atoms with Crippen LogP contribution >= 0.6 is 38.5 Å². The van der Waals surface area contributed by atoms with Gasteiger partial charge in [0.1, 0.15) is 0 Å². The lowest BCUT2D eigenvalue weighted by Gasteiger charge is -2.03. The van der Waals surface area contributed by atoms with Crippen LogP contribution in [0.2, 0.25) is 0 Å². The number of benzene rings is 2. The van der Waals surface area contributed by atoms with E-state index >= 15 is 0 Å². The van der Waals surface area contributed by atoms with Crippen LogP contribution in [0, 0.1) is 3.57 Å². The summed E-state index contributed by atoms with van der Waals surface area (Å²) in [5.74, 6) is 0.0453. The van der Waals surface area contributed by atoms with Crippen LogP contribution in [-0.4, -0.2) is 5.78 Å². The number of hydrogen-bond donors (Lipinski definition) is 0. The molecule has 16 heavy (non-hydrogen) atoms. The average Bonchev–Trinajstić information content (AvgIpc) is 2.30. The maximum atomic E-state index is 12.1. The minimum Gasteiger partial charge on any atom is -0.289 e. The Hall–Kier alpha value is -0.680. The molecule has 0 heterocycles. The smallest absolute Gasteiger partial charge is 0.194 e. The van der Waals surface area contributed by atoms with E-state index in [-0.39, 0.29) is 5.78 Å². The molecule has 0 amide bonds. The summed E-state index contributed by atoms with van der Waals surface area (Å²) in [6.07, 6.45) is 0. The van der Waals surface area contributed by atoms with Crippen molar-refractivity contribution in [2.24, 2.45) is 0 Å². The predicted octanol–water partition coefficient (Wildman–Crippen LogP) is 4.28. The monoisotopic (exact) mass is 386 g/mol. The highest BCUT2D eigenvalue weighted by atomic mass is 127. The molecule has 0 atom stereocenters. The van der Waals surface area contributed by atoms with Crippen LogP contribution in [0.15, 0.2) is 53.0 Å². The number of carbonyl (C=O) groups excluding carboxylic acids is 1. The van der Waals surface area contributed by atoms with E-state index in [1.54, 1.807) is 0 Å². The maximum absolute atomic E-state index is 12.1. The highest BCUT2D eigenvalue weighted by Crippen LogP contribution is 2.20. The van der Waals surface area contributed by atoms with Crippen LogP contribution in [-0.2, 0) is 0 Å². The molecule has 0 N–H and O–H groups in total. The zero-order valence-electron chi connectivity index (χ0n) is 8.28. The zero-order valence-corrected chi connectivity index (χ0v) is 12.0. The summed E-state index contributed by atoms with van der Waals surface area (Å²) in [7, 11) is 0. The van der Waals surface area contributed by atoms with E-state index in [2.05, 4.69) is 38.5 Å². The van der Waals surface area contributed by atoms with Crippen molar-refractivity contribution in [2.75, 3.05) is 0 Å². The normalized spacial score (nSPS) is 10.1. The second-order valence-corrected chi connectivity index (χ2v) is 5.42. The minimum atomic E-state index is 0.0453. The number of ketones is 1. The lowest BCUT2D eigenvalue weighted by molar-refractivity contribution is 0.103. The Bertz CT molecular complexity index is 520. The molecule has 0 radical (unpaired) electrons. The summed E-state index contributed by atoms with van der Waals surface area (Å²) in [6, 6.07) is 15.0. The highest BCUT2D eigenvalue weighted by Gasteiger charge is 2.11. The van der Waals surface area contributed by atoms with E-state index in [0.717, 1.165) is 8.04 Å². The first-order chi connectivity index (χ1) is 7.68. The summed E-state index contributed by atoms with van der Waals surface area (Å²) < 4.78 is 1.96. The summed E-state index contributed by atoms with van der Waals surface area (Å²) in [5.41, 5.74) is 1.41. The molecule has 0 aliphatic rings. The molecule has 2 rings (SSSR count). The quantitative estimate of drug-likeness (QED) is 0.556. The molecule has 0 aliphatic carbocycles. The minimum absolute atomic E-state index is 0.0453. The first kappa shape index (κ1) is 11.8. The second-order valence-electron chi connectivity index (χ2n) is 3.32. The molecule has 2 aromatic rings. The van der Waals surface area contributed by atoms with Crippen molar-refractivity contribution < 1.29 is 4.79 Å². The molecule has 0 saturated carbocycles. The SMILES string of the molecule is O=C(c1ccc(I)cc1)c1ccccc1Br. The molecule has 2 aromatic carbocycles. The van der Waals surface area contributed by atoms with Gasteiger partial charge in [0.15, 0.2) is 5.78 Å². The van der Waals surface area contributed by atoms with Crippen molar-refractivity contribution in [2.45, 2.75) is 0 Å². The van der Waals surface area contributed by atoms with Crippen molar-refractivity contribution in [1.82, 2.24) is 0 Å². The third kappa shape index (κ3) is 2.52. The van der Waals surface area contributed by atoms with Gasteiger partial charge in [-0.2, -0.15) is 0 Å². The molecule has 3 heteroatoms. The van der Waals surface area contributed by atoms with Gasteiger partial charge >= 0.3 is 0 Å². The van der Waals surface area contributed by atoms with Crippen molar-refractivity contribution in [1.29, 1.82) is 0 Å². The number of halogens is 2. The van der Waals surface area contributed by atoms with Gasteiger partial charge < -0.3 is 0 Å². The first-order valence-electron chi connectivity index (χ1n) is 4.73.